The molecule has 16 rings (SSSR count). The fourth-order valence-corrected chi connectivity index (χ4v) is 11.3. The second-order valence-electron chi connectivity index (χ2n) is 25.3. The zero-order valence-electron chi connectivity index (χ0n) is 60.4. The van der Waals surface area contributed by atoms with Crippen LogP contribution in [0.4, 0.5) is 0 Å². The molecule has 12 aromatic carbocycles. The highest BCUT2D eigenvalue weighted by atomic mass is 16.5. The standard InChI is InChI=1S/C25H19N3O2.C23H19N3O.2C22H17N3O/c1-3-16-30-20-14-12-19(13-15-20)24-26-23(18-10-8-17(2)9-11-18)27-25(28-24)21-6-4-5-7-22(21)29;1-15-8-11-18(12-9-15)22-24-21(17-6-4-3-5-7-17)25-23(26-22)19-13-10-16(2)14-20(19)27;1-15-9-5-6-12-17(15)21-23-20(16-10-3-2-4-11-16)24-22(25-21)18-13-7-8-14-19(18)26;1-15-11-13-17(14-12-15)21-23-20(16-7-3-2-4-8-16)24-22(25-21)18-9-5-6-10-19(18)26/h4-15,29H,1-2H3;3-14,27H,1-2H3;2*2-14,26H,1H3. The van der Waals surface area contributed by atoms with Gasteiger partial charge in [0.2, 0.25) is 0 Å². The minimum atomic E-state index is 0.117. The summed E-state index contributed by atoms with van der Waals surface area (Å²) in [6, 6.07) is 95.4. The number of phenols is 4. The number of rotatable bonds is 13. The van der Waals surface area contributed by atoms with Crippen LogP contribution in [0.1, 0.15) is 34.7 Å². The van der Waals surface area contributed by atoms with Gasteiger partial charge in [0, 0.05) is 51.4 Å². The third-order valence-electron chi connectivity index (χ3n) is 17.2. The van der Waals surface area contributed by atoms with Crippen LogP contribution >= 0.6 is 0 Å². The second-order valence-corrected chi connectivity index (χ2v) is 25.3. The van der Waals surface area contributed by atoms with Crippen molar-refractivity contribution in [3.05, 3.63) is 331 Å². The van der Waals surface area contributed by atoms with Crippen LogP contribution in [-0.4, -0.2) is 80.2 Å². The fraction of sp³-hybridized carbons (Fsp3) is 0.0652. The Morgan fingerprint density at radius 2 is 0.459 bits per heavy atom. The number of aromatic hydroxyl groups is 4. The van der Waals surface area contributed by atoms with Crippen LogP contribution in [0.25, 0.3) is 137 Å². The van der Waals surface area contributed by atoms with Crippen LogP contribution in [0, 0.1) is 46.6 Å². The molecule has 17 nitrogen and oxygen atoms in total. The number of hydrogen-bond donors (Lipinski definition) is 4. The van der Waals surface area contributed by atoms with Gasteiger partial charge in [0.25, 0.3) is 0 Å². The van der Waals surface area contributed by atoms with E-state index in [4.69, 9.17) is 4.74 Å². The Hall–Kier alpha value is -14.8. The third-order valence-corrected chi connectivity index (χ3v) is 17.2. The van der Waals surface area contributed by atoms with Gasteiger partial charge >= 0.3 is 0 Å². The highest BCUT2D eigenvalue weighted by Gasteiger charge is 2.20. The first-order valence-electron chi connectivity index (χ1n) is 35.0. The van der Waals surface area contributed by atoms with Gasteiger partial charge in [0.15, 0.2) is 69.9 Å². The van der Waals surface area contributed by atoms with Crippen LogP contribution < -0.4 is 4.74 Å². The Labute approximate surface area is 631 Å². The van der Waals surface area contributed by atoms with Gasteiger partial charge in [-0.25, -0.2) is 59.8 Å². The molecule has 530 valence electrons. The highest BCUT2D eigenvalue weighted by Crippen LogP contribution is 2.36. The molecule has 0 aliphatic rings. The molecule has 0 bridgehead atoms. The number of phenolic OH excluding ortho intramolecular Hbond substituents is 4. The summed E-state index contributed by atoms with van der Waals surface area (Å²) in [5.41, 5.74) is 15.0. The molecule has 0 radical (unpaired) electrons. The molecule has 17 heteroatoms. The lowest BCUT2D eigenvalue weighted by Crippen LogP contribution is -2.01. The van der Waals surface area contributed by atoms with E-state index in [2.05, 4.69) is 71.8 Å². The van der Waals surface area contributed by atoms with Gasteiger partial charge < -0.3 is 25.2 Å². The van der Waals surface area contributed by atoms with E-state index in [-0.39, 0.29) is 23.0 Å². The van der Waals surface area contributed by atoms with Crippen LogP contribution in [-0.2, 0) is 0 Å². The predicted octanol–water partition coefficient (Wildman–Crippen LogP) is 20.2. The maximum absolute atomic E-state index is 10.4. The maximum atomic E-state index is 10.4. The molecule has 0 saturated carbocycles. The summed E-state index contributed by atoms with van der Waals surface area (Å²) in [7, 11) is 0. The van der Waals surface area contributed by atoms with Gasteiger partial charge in [-0.05, 0) is 119 Å². The van der Waals surface area contributed by atoms with Gasteiger partial charge in [-0.3, -0.25) is 0 Å². The molecule has 4 heterocycles. The van der Waals surface area contributed by atoms with Crippen molar-refractivity contribution in [1.82, 2.24) is 59.8 Å². The van der Waals surface area contributed by atoms with E-state index < -0.39 is 0 Å². The SMILES string of the molecule is CC#COc1ccc(-c2nc(-c3ccc(C)cc3)nc(-c3ccccc3O)n2)cc1.Cc1ccc(-c2nc(-c3ccccc3)nc(-c3ccc(C)cc3O)n2)cc1.Cc1ccc(-c2nc(-c3ccccc3)nc(-c3ccccc3O)n2)cc1.Cc1ccccc1-c1nc(-c2ccccc2)nc(-c2ccccc2O)n1. The number of ether oxygens (including phenoxy) is 1. The summed E-state index contributed by atoms with van der Waals surface area (Å²) in [5, 5.41) is 41.2. The first-order valence-corrected chi connectivity index (χ1v) is 35.0. The normalized spacial score (nSPS) is 10.6. The molecular formula is C92H72N12O5. The van der Waals surface area contributed by atoms with Crippen LogP contribution in [0.15, 0.2) is 303 Å². The molecule has 0 aliphatic heterocycles. The van der Waals surface area contributed by atoms with Crippen molar-refractivity contribution >= 4 is 0 Å². The molecule has 16 aromatic rings. The zero-order valence-corrected chi connectivity index (χ0v) is 60.4. The molecule has 0 aliphatic carbocycles. The monoisotopic (exact) mass is 1420 g/mol. The van der Waals surface area contributed by atoms with E-state index in [9.17, 15) is 20.4 Å². The molecule has 0 unspecified atom stereocenters. The smallest absolute Gasteiger partial charge is 0.167 e. The highest BCUT2D eigenvalue weighted by molar-refractivity contribution is 5.75. The first kappa shape index (κ1) is 72.6. The largest absolute Gasteiger partial charge is 0.507 e. The molecule has 4 aromatic heterocycles. The Kier molecular flexibility index (Phi) is 22.8. The van der Waals surface area contributed by atoms with Crippen LogP contribution in [0.2, 0.25) is 0 Å². The van der Waals surface area contributed by atoms with Crippen molar-refractivity contribution in [2.45, 2.75) is 41.5 Å². The summed E-state index contributed by atoms with van der Waals surface area (Å²) < 4.78 is 5.31. The van der Waals surface area contributed by atoms with Crippen molar-refractivity contribution in [2.75, 3.05) is 0 Å². The van der Waals surface area contributed by atoms with E-state index in [1.54, 1.807) is 67.6 Å². The minimum Gasteiger partial charge on any atom is -0.507 e. The lowest BCUT2D eigenvalue weighted by atomic mass is 10.1. The zero-order chi connectivity index (χ0) is 75.6. The fourth-order valence-electron chi connectivity index (χ4n) is 11.3. The van der Waals surface area contributed by atoms with Crippen LogP contribution in [0.5, 0.6) is 28.7 Å². The predicted molar refractivity (Wildman–Crippen MR) is 429 cm³/mol. The summed E-state index contributed by atoms with van der Waals surface area (Å²) in [4.78, 5) is 55.6. The Bertz CT molecular complexity index is 5820. The number of para-hydroxylation sites is 3. The van der Waals surface area contributed by atoms with E-state index in [0.717, 1.165) is 61.2 Å². The Morgan fingerprint density at radius 3 is 0.761 bits per heavy atom. The van der Waals surface area contributed by atoms with Crippen LogP contribution in [0.3, 0.4) is 0 Å². The van der Waals surface area contributed by atoms with Gasteiger partial charge in [-0.1, -0.05) is 253 Å². The molecule has 0 atom stereocenters. The lowest BCUT2D eigenvalue weighted by molar-refractivity contribution is 0.476. The quantitative estimate of drug-likeness (QED) is 0.0784. The number of nitrogens with zero attached hydrogens (tertiary/aromatic N) is 12. The average Bonchev–Trinajstić information content (AvgIpc) is 0.811. The first-order chi connectivity index (χ1) is 53.2. The minimum absolute atomic E-state index is 0.117. The Morgan fingerprint density at radius 1 is 0.220 bits per heavy atom. The average molecular weight is 1430 g/mol. The van der Waals surface area contributed by atoms with Crippen molar-refractivity contribution in [2.24, 2.45) is 0 Å². The summed E-state index contributed by atoms with van der Waals surface area (Å²) in [6.45, 7) is 11.8. The van der Waals surface area contributed by atoms with E-state index in [0.29, 0.717) is 97.9 Å². The van der Waals surface area contributed by atoms with E-state index >= 15 is 0 Å². The summed E-state index contributed by atoms with van der Waals surface area (Å²) in [6.07, 6.45) is 2.58. The maximum Gasteiger partial charge on any atom is 0.167 e. The molecule has 0 amide bonds. The molecule has 0 saturated heterocycles. The van der Waals surface area contributed by atoms with Gasteiger partial charge in [0.05, 0.1) is 22.3 Å². The van der Waals surface area contributed by atoms with Gasteiger partial charge in [0.1, 0.15) is 34.9 Å². The number of hydrogen-bond acceptors (Lipinski definition) is 17. The molecular weight excluding hydrogens is 1350 g/mol. The van der Waals surface area contributed by atoms with Crippen molar-refractivity contribution < 1.29 is 25.2 Å². The van der Waals surface area contributed by atoms with Crippen molar-refractivity contribution in [1.29, 1.82) is 0 Å². The lowest BCUT2D eigenvalue weighted by Gasteiger charge is -2.10. The van der Waals surface area contributed by atoms with E-state index in [1.807, 2.05) is 277 Å². The summed E-state index contributed by atoms with van der Waals surface area (Å²) >= 11 is 0. The van der Waals surface area contributed by atoms with Gasteiger partial charge in [-0.15, -0.1) is 0 Å². The van der Waals surface area contributed by atoms with Crippen molar-refractivity contribution in [3.8, 4) is 177 Å². The third kappa shape index (κ3) is 18.2. The number of aryl methyl sites for hydroxylation is 5. The van der Waals surface area contributed by atoms with Crippen molar-refractivity contribution in [3.63, 3.8) is 0 Å². The Balaban J connectivity index is 0.000000128. The number of benzene rings is 12. The molecule has 0 spiro atoms. The molecule has 0 fully saturated rings. The summed E-state index contributed by atoms with van der Waals surface area (Å²) in [5.74, 6) is 10.2. The topological polar surface area (TPSA) is 245 Å². The van der Waals surface area contributed by atoms with Gasteiger partial charge in [-0.2, -0.15) is 0 Å². The number of aromatic nitrogens is 12. The second kappa shape index (κ2) is 34.2. The van der Waals surface area contributed by atoms with E-state index in [1.165, 1.54) is 11.1 Å². The molecule has 109 heavy (non-hydrogen) atoms. The molecule has 4 N–H and O–H groups in total.